The fraction of sp³-hybridized carbons (Fsp3) is 0.0526. The predicted octanol–water partition coefficient (Wildman–Crippen LogP) is 2.62. The van der Waals surface area contributed by atoms with Gasteiger partial charge in [0.15, 0.2) is 0 Å². The summed E-state index contributed by atoms with van der Waals surface area (Å²) >= 11 is 0. The highest BCUT2D eigenvalue weighted by Gasteiger charge is 2.21. The Balaban J connectivity index is 1.86. The minimum atomic E-state index is -4.15. The van der Waals surface area contributed by atoms with Gasteiger partial charge in [0.2, 0.25) is 5.91 Å². The van der Waals surface area contributed by atoms with E-state index in [0.717, 1.165) is 5.39 Å². The van der Waals surface area contributed by atoms with Gasteiger partial charge in [-0.05, 0) is 35.7 Å². The summed E-state index contributed by atoms with van der Waals surface area (Å²) in [4.78, 5) is 23.3. The van der Waals surface area contributed by atoms with Gasteiger partial charge in [0.25, 0.3) is 15.9 Å². The molecule has 0 atom stereocenters. The summed E-state index contributed by atoms with van der Waals surface area (Å²) in [6.45, 7) is 1.33. The number of phenols is 1. The molecule has 0 heterocycles. The van der Waals surface area contributed by atoms with Gasteiger partial charge in [0.1, 0.15) is 5.75 Å². The average molecular weight is 384 g/mol. The van der Waals surface area contributed by atoms with Gasteiger partial charge < -0.3 is 10.4 Å². The number of nitrogens with one attached hydrogen (secondary N) is 2. The van der Waals surface area contributed by atoms with Gasteiger partial charge in [-0.2, -0.15) is 0 Å². The maximum Gasteiger partial charge on any atom is 0.268 e. The number of fused-ring (bicyclic) bond motifs is 1. The number of phenolic OH excluding ortho intramolecular Hbond substituents is 1. The second-order valence-corrected chi connectivity index (χ2v) is 7.51. The van der Waals surface area contributed by atoms with Crippen molar-refractivity contribution in [2.75, 3.05) is 5.32 Å². The SMILES string of the molecule is CC(=O)Nc1ccc(S(=O)(=O)NC(=O)c2ccc3ccccc3c2O)cc1. The van der Waals surface area contributed by atoms with E-state index in [0.29, 0.717) is 11.1 Å². The first kappa shape index (κ1) is 18.4. The zero-order valence-corrected chi connectivity index (χ0v) is 15.1. The Hall–Kier alpha value is -3.39. The van der Waals surface area contributed by atoms with E-state index in [-0.39, 0.29) is 22.1 Å². The van der Waals surface area contributed by atoms with E-state index in [9.17, 15) is 23.1 Å². The Morgan fingerprint density at radius 2 is 1.59 bits per heavy atom. The first-order valence-corrected chi connectivity index (χ1v) is 9.42. The van der Waals surface area contributed by atoms with Crippen molar-refractivity contribution in [3.05, 3.63) is 66.2 Å². The van der Waals surface area contributed by atoms with Crippen LogP contribution >= 0.6 is 0 Å². The van der Waals surface area contributed by atoms with E-state index in [4.69, 9.17) is 0 Å². The molecule has 3 aromatic rings. The maximum atomic E-state index is 12.4. The standard InChI is InChI=1S/C19H16N2O5S/c1-12(22)20-14-7-9-15(10-8-14)27(25,26)21-19(24)17-11-6-13-4-2-3-5-16(13)18(17)23/h2-11,23H,1H3,(H,20,22)(H,21,24). The quantitative estimate of drug-likeness (QED) is 0.640. The van der Waals surface area contributed by atoms with E-state index in [1.54, 1.807) is 30.3 Å². The number of hydrogen-bond donors (Lipinski definition) is 3. The van der Waals surface area contributed by atoms with Crippen LogP contribution in [0.1, 0.15) is 17.3 Å². The predicted molar refractivity (Wildman–Crippen MR) is 101 cm³/mol. The summed E-state index contributed by atoms with van der Waals surface area (Å²) in [5.74, 6) is -1.52. The normalized spacial score (nSPS) is 11.1. The molecule has 0 bridgehead atoms. The summed E-state index contributed by atoms with van der Waals surface area (Å²) < 4.78 is 26.8. The minimum Gasteiger partial charge on any atom is -0.506 e. The Labute approximate surface area is 155 Å². The molecule has 0 saturated carbocycles. The van der Waals surface area contributed by atoms with E-state index in [2.05, 4.69) is 5.32 Å². The molecule has 138 valence electrons. The molecule has 0 fully saturated rings. The molecular weight excluding hydrogens is 368 g/mol. The molecule has 0 saturated heterocycles. The van der Waals surface area contributed by atoms with Gasteiger partial charge >= 0.3 is 0 Å². The largest absolute Gasteiger partial charge is 0.506 e. The van der Waals surface area contributed by atoms with Crippen molar-refractivity contribution >= 4 is 38.3 Å². The summed E-state index contributed by atoms with van der Waals surface area (Å²) in [5.41, 5.74) is 0.284. The Morgan fingerprint density at radius 1 is 0.926 bits per heavy atom. The van der Waals surface area contributed by atoms with Crippen LogP contribution in [0.2, 0.25) is 0 Å². The molecule has 0 unspecified atom stereocenters. The van der Waals surface area contributed by atoms with Crippen LogP contribution < -0.4 is 10.0 Å². The first-order valence-electron chi connectivity index (χ1n) is 7.93. The summed E-state index contributed by atoms with van der Waals surface area (Å²) in [7, 11) is -4.15. The zero-order valence-electron chi connectivity index (χ0n) is 14.3. The maximum absolute atomic E-state index is 12.4. The van der Waals surface area contributed by atoms with Crippen LogP contribution in [0.15, 0.2) is 65.6 Å². The van der Waals surface area contributed by atoms with Crippen LogP contribution in [0.4, 0.5) is 5.69 Å². The third kappa shape index (κ3) is 3.90. The molecule has 0 aliphatic rings. The number of benzene rings is 3. The van der Waals surface area contributed by atoms with E-state index < -0.39 is 15.9 Å². The monoisotopic (exact) mass is 384 g/mol. The highest BCUT2D eigenvalue weighted by atomic mass is 32.2. The number of carbonyl (C=O) groups is 2. The second kappa shape index (κ2) is 7.08. The molecular formula is C19H16N2O5S. The summed E-state index contributed by atoms with van der Waals surface area (Å²) in [5, 5.41) is 14.0. The van der Waals surface area contributed by atoms with E-state index >= 15 is 0 Å². The van der Waals surface area contributed by atoms with Crippen LogP contribution in [0.5, 0.6) is 5.75 Å². The highest BCUT2D eigenvalue weighted by Crippen LogP contribution is 2.28. The van der Waals surface area contributed by atoms with Gasteiger partial charge in [-0.1, -0.05) is 30.3 Å². The Morgan fingerprint density at radius 3 is 2.26 bits per heavy atom. The molecule has 0 radical (unpaired) electrons. The molecule has 0 spiro atoms. The molecule has 7 nitrogen and oxygen atoms in total. The number of carbonyl (C=O) groups excluding carboxylic acids is 2. The number of rotatable bonds is 4. The number of amides is 2. The lowest BCUT2D eigenvalue weighted by Gasteiger charge is -2.10. The van der Waals surface area contributed by atoms with Crippen molar-refractivity contribution in [2.24, 2.45) is 0 Å². The first-order chi connectivity index (χ1) is 12.8. The molecule has 2 amide bonds. The third-order valence-electron chi connectivity index (χ3n) is 3.86. The fourth-order valence-electron chi connectivity index (χ4n) is 2.59. The van der Waals surface area contributed by atoms with Crippen molar-refractivity contribution in [2.45, 2.75) is 11.8 Å². The van der Waals surface area contributed by atoms with Gasteiger partial charge in [-0.15, -0.1) is 0 Å². The lowest BCUT2D eigenvalue weighted by Crippen LogP contribution is -2.30. The van der Waals surface area contributed by atoms with E-state index in [1.165, 1.54) is 37.3 Å². The fourth-order valence-corrected chi connectivity index (χ4v) is 3.56. The number of sulfonamides is 1. The average Bonchev–Trinajstić information content (AvgIpc) is 2.61. The lowest BCUT2D eigenvalue weighted by atomic mass is 10.1. The van der Waals surface area contributed by atoms with Crippen molar-refractivity contribution in [1.29, 1.82) is 0 Å². The van der Waals surface area contributed by atoms with Crippen molar-refractivity contribution in [3.8, 4) is 5.75 Å². The number of aromatic hydroxyl groups is 1. The number of anilines is 1. The molecule has 3 aromatic carbocycles. The second-order valence-electron chi connectivity index (χ2n) is 5.82. The minimum absolute atomic E-state index is 0.146. The summed E-state index contributed by atoms with van der Waals surface area (Å²) in [6, 6.07) is 15.2. The van der Waals surface area contributed by atoms with Gasteiger partial charge in [0.05, 0.1) is 10.5 Å². The molecule has 0 aliphatic heterocycles. The Bertz CT molecular complexity index is 1140. The van der Waals surface area contributed by atoms with Gasteiger partial charge in [-0.3, -0.25) is 9.59 Å². The third-order valence-corrected chi connectivity index (χ3v) is 5.20. The van der Waals surface area contributed by atoms with Crippen molar-refractivity contribution in [1.82, 2.24) is 4.72 Å². The van der Waals surface area contributed by atoms with Crippen LogP contribution in [-0.4, -0.2) is 25.3 Å². The Kier molecular flexibility index (Phi) is 4.83. The van der Waals surface area contributed by atoms with E-state index in [1.807, 2.05) is 4.72 Å². The summed E-state index contributed by atoms with van der Waals surface area (Å²) in [6.07, 6.45) is 0. The molecule has 8 heteroatoms. The smallest absolute Gasteiger partial charge is 0.268 e. The zero-order chi connectivity index (χ0) is 19.6. The number of hydrogen-bond acceptors (Lipinski definition) is 5. The van der Waals surface area contributed by atoms with Gasteiger partial charge in [0, 0.05) is 18.0 Å². The van der Waals surface area contributed by atoms with Crippen LogP contribution in [0, 0.1) is 0 Å². The van der Waals surface area contributed by atoms with Crippen LogP contribution in [-0.2, 0) is 14.8 Å². The van der Waals surface area contributed by atoms with Crippen molar-refractivity contribution < 1.29 is 23.1 Å². The topological polar surface area (TPSA) is 113 Å². The van der Waals surface area contributed by atoms with Gasteiger partial charge in [-0.25, -0.2) is 13.1 Å². The lowest BCUT2D eigenvalue weighted by molar-refractivity contribution is -0.114. The highest BCUT2D eigenvalue weighted by molar-refractivity contribution is 7.90. The molecule has 3 N–H and O–H groups in total. The molecule has 3 rings (SSSR count). The molecule has 27 heavy (non-hydrogen) atoms. The van der Waals surface area contributed by atoms with Crippen LogP contribution in [0.3, 0.4) is 0 Å². The van der Waals surface area contributed by atoms with Crippen LogP contribution in [0.25, 0.3) is 10.8 Å². The van der Waals surface area contributed by atoms with Crippen molar-refractivity contribution in [3.63, 3.8) is 0 Å². The molecule has 0 aromatic heterocycles. The molecule has 0 aliphatic carbocycles.